The number of piperazine rings is 1. The first kappa shape index (κ1) is 31.2. The Kier molecular flexibility index (Phi) is 9.33. The quantitative estimate of drug-likeness (QED) is 0.230. The van der Waals surface area contributed by atoms with Crippen LogP contribution in [0.15, 0.2) is 83.8 Å². The smallest absolute Gasteiger partial charge is 0.326 e. The second kappa shape index (κ2) is 13.2. The van der Waals surface area contributed by atoms with Crippen LogP contribution in [0.2, 0.25) is 0 Å². The number of aromatic nitrogens is 2. The van der Waals surface area contributed by atoms with Crippen LogP contribution in [0.3, 0.4) is 0 Å². The van der Waals surface area contributed by atoms with E-state index in [4.69, 9.17) is 4.74 Å². The first-order chi connectivity index (χ1) is 21.0. The van der Waals surface area contributed by atoms with E-state index in [1.165, 1.54) is 12.1 Å². The van der Waals surface area contributed by atoms with E-state index in [2.05, 4.69) is 29.8 Å². The molecule has 5 rings (SSSR count). The summed E-state index contributed by atoms with van der Waals surface area (Å²) in [6.07, 6.45) is 0. The van der Waals surface area contributed by atoms with Crippen LogP contribution in [0.4, 0.5) is 5.69 Å². The van der Waals surface area contributed by atoms with Crippen molar-refractivity contribution in [3.8, 4) is 0 Å². The summed E-state index contributed by atoms with van der Waals surface area (Å²) in [6, 6.07) is 21.7. The number of ether oxygens (including phenoxy) is 1. The van der Waals surface area contributed by atoms with Gasteiger partial charge >= 0.3 is 5.97 Å². The van der Waals surface area contributed by atoms with Gasteiger partial charge in [-0.3, -0.25) is 14.5 Å². The van der Waals surface area contributed by atoms with E-state index in [1.54, 1.807) is 51.1 Å². The lowest BCUT2D eigenvalue weighted by Gasteiger charge is -2.35. The minimum Gasteiger partial charge on any atom is -0.459 e. The van der Waals surface area contributed by atoms with Crippen LogP contribution in [0.5, 0.6) is 0 Å². The number of para-hydroxylation sites is 2. The van der Waals surface area contributed by atoms with Crippen molar-refractivity contribution < 1.29 is 22.7 Å². The van der Waals surface area contributed by atoms with Gasteiger partial charge in [0.2, 0.25) is 10.0 Å². The van der Waals surface area contributed by atoms with Gasteiger partial charge in [-0.15, -0.1) is 0 Å². The maximum Gasteiger partial charge on any atom is 0.326 e. The molecule has 0 unspecified atom stereocenters. The third kappa shape index (κ3) is 8.01. The number of anilines is 1. The molecule has 1 aliphatic heterocycles. The summed E-state index contributed by atoms with van der Waals surface area (Å²) in [7, 11) is -4.04. The van der Waals surface area contributed by atoms with Gasteiger partial charge in [-0.25, -0.2) is 13.4 Å². The molecule has 0 aliphatic carbocycles. The van der Waals surface area contributed by atoms with Crippen molar-refractivity contribution >= 4 is 38.6 Å². The van der Waals surface area contributed by atoms with Crippen LogP contribution < -0.4 is 14.9 Å². The molecule has 11 nitrogen and oxygen atoms in total. The molecule has 4 aromatic rings. The number of rotatable bonds is 10. The molecule has 44 heavy (non-hydrogen) atoms. The Hall–Kier alpha value is -4.26. The Morgan fingerprint density at radius 2 is 1.59 bits per heavy atom. The molecule has 0 spiro atoms. The highest BCUT2D eigenvalue weighted by Gasteiger charge is 2.30. The highest BCUT2D eigenvalue weighted by Crippen LogP contribution is 2.19. The van der Waals surface area contributed by atoms with Crippen LogP contribution >= 0.6 is 0 Å². The number of carbonyl (C=O) groups is 2. The fraction of sp³-hybridized carbons (Fsp3) is 0.344. The van der Waals surface area contributed by atoms with E-state index in [9.17, 15) is 18.0 Å². The first-order valence-corrected chi connectivity index (χ1v) is 16.0. The maximum absolute atomic E-state index is 13.0. The number of aromatic amines is 1. The van der Waals surface area contributed by atoms with Gasteiger partial charge < -0.3 is 19.9 Å². The molecule has 0 bridgehead atoms. The molecule has 0 saturated carbocycles. The number of carbonyl (C=O) groups excluding carboxylic acids is 2. The van der Waals surface area contributed by atoms with Crippen LogP contribution in [0, 0.1) is 0 Å². The fourth-order valence-electron chi connectivity index (χ4n) is 4.98. The normalized spacial score (nSPS) is 15.2. The molecule has 1 aliphatic rings. The number of nitrogens with zero attached hydrogens (tertiary/aromatic N) is 3. The molecule has 3 N–H and O–H groups in total. The monoisotopic (exact) mass is 618 g/mol. The van der Waals surface area contributed by atoms with Crippen molar-refractivity contribution in [3.05, 3.63) is 90.3 Å². The Morgan fingerprint density at radius 3 is 2.25 bits per heavy atom. The van der Waals surface area contributed by atoms with Gasteiger partial charge in [0.1, 0.15) is 17.5 Å². The second-order valence-corrected chi connectivity index (χ2v) is 13.5. The summed E-state index contributed by atoms with van der Waals surface area (Å²) in [5, 5.41) is 2.68. The van der Waals surface area contributed by atoms with Crippen molar-refractivity contribution in [1.82, 2.24) is 24.9 Å². The van der Waals surface area contributed by atoms with Gasteiger partial charge in [-0.1, -0.05) is 30.3 Å². The number of imidazole rings is 1. The van der Waals surface area contributed by atoms with Gasteiger partial charge in [-0.2, -0.15) is 4.72 Å². The van der Waals surface area contributed by atoms with Gasteiger partial charge in [0.05, 0.1) is 22.5 Å². The molecule has 0 radical (unpaired) electrons. The Labute approximate surface area is 257 Å². The fourth-order valence-corrected chi connectivity index (χ4v) is 6.18. The molecule has 2 heterocycles. The van der Waals surface area contributed by atoms with Crippen molar-refractivity contribution in [1.29, 1.82) is 0 Å². The summed E-state index contributed by atoms with van der Waals surface area (Å²) in [5.41, 5.74) is 2.57. The summed E-state index contributed by atoms with van der Waals surface area (Å²) in [4.78, 5) is 38.6. The van der Waals surface area contributed by atoms with E-state index >= 15 is 0 Å². The first-order valence-electron chi connectivity index (χ1n) is 14.6. The lowest BCUT2D eigenvalue weighted by atomic mass is 10.1. The molecular formula is C32H38N6O5S. The molecule has 232 valence electrons. The largest absolute Gasteiger partial charge is 0.459 e. The van der Waals surface area contributed by atoms with E-state index in [-0.39, 0.29) is 11.4 Å². The van der Waals surface area contributed by atoms with Gasteiger partial charge in [0.25, 0.3) is 5.91 Å². The number of H-pyrrole nitrogens is 1. The van der Waals surface area contributed by atoms with Crippen molar-refractivity contribution in [2.24, 2.45) is 0 Å². The highest BCUT2D eigenvalue weighted by molar-refractivity contribution is 7.89. The summed E-state index contributed by atoms with van der Waals surface area (Å²) in [5.74, 6) is -0.261. The van der Waals surface area contributed by atoms with Crippen LogP contribution in [-0.4, -0.2) is 79.5 Å². The number of sulfonamides is 1. The van der Waals surface area contributed by atoms with E-state index in [0.29, 0.717) is 5.56 Å². The van der Waals surface area contributed by atoms with Gasteiger partial charge in [-0.05, 0) is 69.3 Å². The minimum atomic E-state index is -4.04. The van der Waals surface area contributed by atoms with Crippen LogP contribution in [-0.2, 0) is 26.1 Å². The molecule has 1 atom stereocenters. The number of hydrogen-bond donors (Lipinski definition) is 3. The molecule has 1 saturated heterocycles. The zero-order valence-corrected chi connectivity index (χ0v) is 25.9. The number of nitrogens with one attached hydrogen (secondary N) is 3. The average Bonchev–Trinajstić information content (AvgIpc) is 3.41. The lowest BCUT2D eigenvalue weighted by molar-refractivity contribution is -0.156. The zero-order valence-electron chi connectivity index (χ0n) is 25.1. The van der Waals surface area contributed by atoms with Crippen LogP contribution in [0.1, 0.15) is 37.0 Å². The SMILES string of the molecule is CC(C)(C)OC(=O)[C@H](CNC(=O)c1ccc(N2CCN(Cc3nc4ccccc4[nH]3)CC2)cc1)NS(=O)(=O)c1ccccc1. The summed E-state index contributed by atoms with van der Waals surface area (Å²) in [6.45, 7) is 8.98. The van der Waals surface area contributed by atoms with Crippen molar-refractivity contribution in [2.45, 2.75) is 43.9 Å². The zero-order chi connectivity index (χ0) is 31.3. The topological polar surface area (TPSA) is 137 Å². The third-order valence-corrected chi connectivity index (χ3v) is 8.68. The molecule has 1 fully saturated rings. The molecule has 1 aromatic heterocycles. The summed E-state index contributed by atoms with van der Waals surface area (Å²) >= 11 is 0. The molecule has 3 aromatic carbocycles. The van der Waals surface area contributed by atoms with Crippen molar-refractivity contribution in [2.75, 3.05) is 37.6 Å². The predicted molar refractivity (Wildman–Crippen MR) is 169 cm³/mol. The Morgan fingerprint density at radius 1 is 0.932 bits per heavy atom. The lowest BCUT2D eigenvalue weighted by Crippen LogP contribution is -2.50. The van der Waals surface area contributed by atoms with Gasteiger partial charge in [0, 0.05) is 44.0 Å². The Balaban J connectivity index is 1.16. The predicted octanol–water partition coefficient (Wildman–Crippen LogP) is 3.30. The second-order valence-electron chi connectivity index (χ2n) is 11.7. The van der Waals surface area contributed by atoms with Gasteiger partial charge in [0.15, 0.2) is 0 Å². The van der Waals surface area contributed by atoms with E-state index in [1.807, 2.05) is 36.4 Å². The van der Waals surface area contributed by atoms with Crippen LogP contribution in [0.25, 0.3) is 11.0 Å². The Bertz CT molecular complexity index is 1660. The molecular weight excluding hydrogens is 580 g/mol. The number of benzene rings is 3. The number of fused-ring (bicyclic) bond motifs is 1. The number of amides is 1. The molecule has 12 heteroatoms. The third-order valence-electron chi connectivity index (χ3n) is 7.19. The number of esters is 1. The van der Waals surface area contributed by atoms with E-state index < -0.39 is 33.5 Å². The molecule has 1 amide bonds. The van der Waals surface area contributed by atoms with Crippen molar-refractivity contribution in [3.63, 3.8) is 0 Å². The highest BCUT2D eigenvalue weighted by atomic mass is 32.2. The van der Waals surface area contributed by atoms with E-state index in [0.717, 1.165) is 55.3 Å². The maximum atomic E-state index is 13.0. The minimum absolute atomic E-state index is 0.00540. The number of hydrogen-bond acceptors (Lipinski definition) is 8. The summed E-state index contributed by atoms with van der Waals surface area (Å²) < 4.78 is 33.6. The average molecular weight is 619 g/mol. The standard InChI is InChI=1S/C32H38N6O5S/c1-32(2,3)43-31(40)28(36-44(41,42)25-9-5-4-6-10-25)21-33-30(39)23-13-15-24(16-14-23)38-19-17-37(18-20-38)22-29-34-26-11-7-8-12-27(26)35-29/h4-16,28,36H,17-22H2,1-3H3,(H,33,39)(H,34,35)/t28-/m0/s1.